The number of benzene rings is 2. The minimum atomic E-state index is -0.608. The van der Waals surface area contributed by atoms with Crippen molar-refractivity contribution in [3.8, 4) is 0 Å². The monoisotopic (exact) mass is 340 g/mol. The fourth-order valence-electron chi connectivity index (χ4n) is 3.40. The molecule has 132 valence electrons. The minimum Gasteiger partial charge on any atom is -0.396 e. The number of aliphatic hydroxyl groups excluding tert-OH is 1. The van der Waals surface area contributed by atoms with Gasteiger partial charge < -0.3 is 15.3 Å². The second kappa shape index (κ2) is 7.23. The van der Waals surface area contributed by atoms with Gasteiger partial charge in [-0.05, 0) is 47.6 Å². The summed E-state index contributed by atoms with van der Waals surface area (Å²) < 4.78 is 0. The Labute approximate surface area is 147 Å². The molecular weight excluding hydrogens is 316 g/mol. The molecule has 5 heteroatoms. The topological polar surface area (TPSA) is 69.6 Å². The van der Waals surface area contributed by atoms with Crippen LogP contribution in [0.3, 0.4) is 0 Å². The van der Waals surface area contributed by atoms with Crippen LogP contribution in [0.1, 0.15) is 26.2 Å². The lowest BCUT2D eigenvalue weighted by Gasteiger charge is -2.39. The summed E-state index contributed by atoms with van der Waals surface area (Å²) in [5.74, 6) is -1.11. The van der Waals surface area contributed by atoms with E-state index >= 15 is 0 Å². The first-order valence-electron chi connectivity index (χ1n) is 8.77. The van der Waals surface area contributed by atoms with Gasteiger partial charge in [0, 0.05) is 25.4 Å². The van der Waals surface area contributed by atoms with Gasteiger partial charge in [0.2, 0.25) is 0 Å². The van der Waals surface area contributed by atoms with Gasteiger partial charge in [-0.15, -0.1) is 0 Å². The molecule has 0 aromatic heterocycles. The molecule has 2 amide bonds. The normalized spacial score (nSPS) is 16.6. The summed E-state index contributed by atoms with van der Waals surface area (Å²) in [7, 11) is 0. The number of likely N-dealkylation sites (tertiary alicyclic amines) is 1. The molecular formula is C20H24N2O3. The van der Waals surface area contributed by atoms with Crippen molar-refractivity contribution in [2.75, 3.05) is 25.0 Å². The van der Waals surface area contributed by atoms with Crippen molar-refractivity contribution in [3.05, 3.63) is 42.5 Å². The zero-order valence-corrected chi connectivity index (χ0v) is 14.5. The van der Waals surface area contributed by atoms with E-state index in [0.29, 0.717) is 18.8 Å². The minimum absolute atomic E-state index is 0.106. The van der Waals surface area contributed by atoms with Crippen molar-refractivity contribution in [1.82, 2.24) is 4.90 Å². The summed E-state index contributed by atoms with van der Waals surface area (Å²) >= 11 is 0. The molecule has 0 atom stereocenters. The SMILES string of the molecule is CCC1(CO)CCN(C(=O)C(=O)Nc2ccc3ccccc3c2)CC1. The van der Waals surface area contributed by atoms with Gasteiger partial charge in [-0.3, -0.25) is 9.59 Å². The van der Waals surface area contributed by atoms with Crippen molar-refractivity contribution in [2.24, 2.45) is 5.41 Å². The number of anilines is 1. The fourth-order valence-corrected chi connectivity index (χ4v) is 3.40. The molecule has 2 N–H and O–H groups in total. The number of amides is 2. The molecule has 2 aromatic rings. The predicted octanol–water partition coefficient (Wildman–Crippen LogP) is 2.79. The number of fused-ring (bicyclic) bond motifs is 1. The van der Waals surface area contributed by atoms with Crippen molar-refractivity contribution >= 4 is 28.3 Å². The van der Waals surface area contributed by atoms with Gasteiger partial charge in [-0.2, -0.15) is 0 Å². The number of carbonyl (C=O) groups excluding carboxylic acids is 2. The molecule has 1 heterocycles. The smallest absolute Gasteiger partial charge is 0.313 e. The van der Waals surface area contributed by atoms with Crippen LogP contribution in [0.2, 0.25) is 0 Å². The number of piperidine rings is 1. The Morgan fingerprint density at radius 2 is 1.80 bits per heavy atom. The molecule has 1 saturated heterocycles. The zero-order valence-electron chi connectivity index (χ0n) is 14.5. The average Bonchev–Trinajstić information content (AvgIpc) is 2.67. The molecule has 0 spiro atoms. The highest BCUT2D eigenvalue weighted by molar-refractivity contribution is 6.39. The van der Waals surface area contributed by atoms with Crippen LogP contribution >= 0.6 is 0 Å². The first-order valence-corrected chi connectivity index (χ1v) is 8.77. The molecule has 0 unspecified atom stereocenters. The Hall–Kier alpha value is -2.40. The molecule has 1 fully saturated rings. The van der Waals surface area contributed by atoms with Gasteiger partial charge in [0.15, 0.2) is 0 Å². The maximum atomic E-state index is 12.4. The van der Waals surface area contributed by atoms with Crippen molar-refractivity contribution in [3.63, 3.8) is 0 Å². The third-order valence-corrected chi connectivity index (χ3v) is 5.40. The number of hydrogen-bond donors (Lipinski definition) is 2. The first-order chi connectivity index (χ1) is 12.1. The van der Waals surface area contributed by atoms with Crippen LogP contribution in [0.4, 0.5) is 5.69 Å². The van der Waals surface area contributed by atoms with Gasteiger partial charge in [-0.25, -0.2) is 0 Å². The van der Waals surface area contributed by atoms with E-state index in [9.17, 15) is 14.7 Å². The highest BCUT2D eigenvalue weighted by atomic mass is 16.3. The highest BCUT2D eigenvalue weighted by Crippen LogP contribution is 2.34. The molecule has 0 saturated carbocycles. The second-order valence-corrected chi connectivity index (χ2v) is 6.82. The van der Waals surface area contributed by atoms with Crippen molar-refractivity contribution in [1.29, 1.82) is 0 Å². The Kier molecular flexibility index (Phi) is 5.04. The van der Waals surface area contributed by atoms with E-state index in [1.807, 2.05) is 36.4 Å². The molecule has 0 bridgehead atoms. The van der Waals surface area contributed by atoms with E-state index in [0.717, 1.165) is 30.0 Å². The Morgan fingerprint density at radius 1 is 1.12 bits per heavy atom. The predicted molar refractivity (Wildman–Crippen MR) is 98.2 cm³/mol. The van der Waals surface area contributed by atoms with Crippen LogP contribution in [0.5, 0.6) is 0 Å². The molecule has 2 aromatic carbocycles. The van der Waals surface area contributed by atoms with Gasteiger partial charge >= 0.3 is 11.8 Å². The lowest BCUT2D eigenvalue weighted by Crippen LogP contribution is -2.48. The quantitative estimate of drug-likeness (QED) is 0.844. The Bertz CT molecular complexity index is 773. The lowest BCUT2D eigenvalue weighted by molar-refractivity contribution is -0.145. The van der Waals surface area contributed by atoms with Crippen LogP contribution < -0.4 is 5.32 Å². The average molecular weight is 340 g/mol. The van der Waals surface area contributed by atoms with Gasteiger partial charge in [-0.1, -0.05) is 37.3 Å². The third kappa shape index (κ3) is 3.66. The molecule has 1 aliphatic rings. The molecule has 0 aliphatic carbocycles. The van der Waals surface area contributed by atoms with E-state index in [4.69, 9.17) is 0 Å². The van der Waals surface area contributed by atoms with Gasteiger partial charge in [0.1, 0.15) is 0 Å². The second-order valence-electron chi connectivity index (χ2n) is 6.82. The Morgan fingerprint density at radius 3 is 2.44 bits per heavy atom. The number of rotatable bonds is 3. The van der Waals surface area contributed by atoms with E-state index in [-0.39, 0.29) is 12.0 Å². The number of nitrogens with one attached hydrogen (secondary N) is 1. The fraction of sp³-hybridized carbons (Fsp3) is 0.400. The van der Waals surface area contributed by atoms with E-state index < -0.39 is 11.8 Å². The summed E-state index contributed by atoms with van der Waals surface area (Å²) in [5, 5.41) is 14.4. The summed E-state index contributed by atoms with van der Waals surface area (Å²) in [6.45, 7) is 3.21. The van der Waals surface area contributed by atoms with Gasteiger partial charge in [0.05, 0.1) is 0 Å². The van der Waals surface area contributed by atoms with E-state index in [1.54, 1.807) is 11.0 Å². The summed E-state index contributed by atoms with van der Waals surface area (Å²) in [6.07, 6.45) is 2.35. The third-order valence-electron chi connectivity index (χ3n) is 5.40. The largest absolute Gasteiger partial charge is 0.396 e. The van der Waals surface area contributed by atoms with Gasteiger partial charge in [0.25, 0.3) is 0 Å². The summed E-state index contributed by atoms with van der Waals surface area (Å²) in [4.78, 5) is 26.3. The summed E-state index contributed by atoms with van der Waals surface area (Å²) in [6, 6.07) is 13.5. The van der Waals surface area contributed by atoms with Crippen molar-refractivity contribution in [2.45, 2.75) is 26.2 Å². The zero-order chi connectivity index (χ0) is 17.9. The maximum absolute atomic E-state index is 12.4. The number of hydrogen-bond acceptors (Lipinski definition) is 3. The highest BCUT2D eigenvalue weighted by Gasteiger charge is 2.35. The van der Waals surface area contributed by atoms with E-state index in [1.165, 1.54) is 0 Å². The molecule has 1 aliphatic heterocycles. The van der Waals surface area contributed by atoms with E-state index in [2.05, 4.69) is 12.2 Å². The molecule has 0 radical (unpaired) electrons. The molecule has 5 nitrogen and oxygen atoms in total. The molecule has 3 rings (SSSR count). The maximum Gasteiger partial charge on any atom is 0.313 e. The van der Waals surface area contributed by atoms with Crippen LogP contribution in [0.25, 0.3) is 10.8 Å². The molecule has 25 heavy (non-hydrogen) atoms. The first kappa shape index (κ1) is 17.4. The summed E-state index contributed by atoms with van der Waals surface area (Å²) in [5.41, 5.74) is 0.512. The Balaban J connectivity index is 1.63. The van der Waals surface area contributed by atoms with Crippen LogP contribution in [0.15, 0.2) is 42.5 Å². The lowest BCUT2D eigenvalue weighted by atomic mass is 9.77. The number of carbonyl (C=O) groups is 2. The van der Waals surface area contributed by atoms with Crippen LogP contribution in [-0.2, 0) is 9.59 Å². The van der Waals surface area contributed by atoms with Crippen LogP contribution in [-0.4, -0.2) is 41.5 Å². The standard InChI is InChI=1S/C20H24N2O3/c1-2-20(14-23)9-11-22(12-10-20)19(25)18(24)21-17-8-7-15-5-3-4-6-16(15)13-17/h3-8,13,23H,2,9-12,14H2,1H3,(H,21,24). The number of aliphatic hydroxyl groups is 1. The van der Waals surface area contributed by atoms with Crippen molar-refractivity contribution < 1.29 is 14.7 Å². The van der Waals surface area contributed by atoms with Crippen LogP contribution in [0, 0.1) is 5.41 Å². The number of nitrogens with zero attached hydrogens (tertiary/aromatic N) is 1.